The molecule has 0 saturated heterocycles. The van der Waals surface area contributed by atoms with Crippen molar-refractivity contribution in [2.24, 2.45) is 0 Å². The third-order valence-electron chi connectivity index (χ3n) is 3.43. The average Bonchev–Trinajstić information content (AvgIpc) is 2.60. The van der Waals surface area contributed by atoms with Gasteiger partial charge in [0.2, 0.25) is 0 Å². The molecule has 1 unspecified atom stereocenters. The van der Waals surface area contributed by atoms with E-state index in [0.717, 1.165) is 5.56 Å². The topological polar surface area (TPSA) is 96.4 Å². The van der Waals surface area contributed by atoms with Gasteiger partial charge in [-0.1, -0.05) is 12.1 Å². The second-order valence-electron chi connectivity index (χ2n) is 4.87. The maximum atomic E-state index is 10.6. The van der Waals surface area contributed by atoms with Crippen LogP contribution in [0.25, 0.3) is 22.3 Å². The van der Waals surface area contributed by atoms with Gasteiger partial charge < -0.3 is 18.7 Å². The summed E-state index contributed by atoms with van der Waals surface area (Å²) in [5, 5.41) is 0. The molecule has 1 heterocycles. The molecule has 0 spiro atoms. The Bertz CT molecular complexity index is 900. The Morgan fingerprint density at radius 3 is 2.25 bits per heavy atom. The van der Waals surface area contributed by atoms with Gasteiger partial charge in [-0.05, 0) is 12.1 Å². The first-order valence-corrected chi connectivity index (χ1v) is 8.03. The van der Waals surface area contributed by atoms with E-state index in [-0.39, 0.29) is 0 Å². The molecule has 24 heavy (non-hydrogen) atoms. The summed E-state index contributed by atoms with van der Waals surface area (Å²) in [6, 6.07) is 10.4. The largest absolute Gasteiger partial charge is 0.755 e. The van der Waals surface area contributed by atoms with Gasteiger partial charge in [0.1, 0.15) is 0 Å². The zero-order valence-electron chi connectivity index (χ0n) is 13.0. The predicted molar refractivity (Wildman–Crippen MR) is 90.6 cm³/mol. The van der Waals surface area contributed by atoms with Crippen LogP contribution in [0.5, 0.6) is 11.5 Å². The van der Waals surface area contributed by atoms with Crippen LogP contribution in [0.2, 0.25) is 0 Å². The predicted octanol–water partition coefficient (Wildman–Crippen LogP) is 2.52. The van der Waals surface area contributed by atoms with Gasteiger partial charge in [-0.25, -0.2) is 4.98 Å². The molecule has 3 aromatic rings. The minimum atomic E-state index is -2.35. The summed E-state index contributed by atoms with van der Waals surface area (Å²) in [6.45, 7) is 0. The van der Waals surface area contributed by atoms with Gasteiger partial charge in [0, 0.05) is 34.7 Å². The zero-order chi connectivity index (χ0) is 17.1. The van der Waals surface area contributed by atoms with Crippen molar-refractivity contribution in [1.29, 1.82) is 0 Å². The Morgan fingerprint density at radius 1 is 1.04 bits per heavy atom. The number of hydrogen-bond donors (Lipinski definition) is 1. The molecule has 7 nitrogen and oxygen atoms in total. The Morgan fingerprint density at radius 2 is 1.67 bits per heavy atom. The van der Waals surface area contributed by atoms with E-state index in [0.29, 0.717) is 33.9 Å². The molecule has 0 amide bonds. The lowest BCUT2D eigenvalue weighted by Crippen LogP contribution is -2.01. The molecule has 0 saturated carbocycles. The average molecular weight is 344 g/mol. The summed E-state index contributed by atoms with van der Waals surface area (Å²) in [4.78, 5) is 8.98. The van der Waals surface area contributed by atoms with Crippen LogP contribution in [-0.4, -0.2) is 32.9 Å². The molecule has 0 fully saturated rings. The molecule has 0 aliphatic carbocycles. The van der Waals surface area contributed by atoms with Gasteiger partial charge in [-0.15, -0.1) is 0 Å². The van der Waals surface area contributed by atoms with Crippen molar-refractivity contribution in [3.63, 3.8) is 0 Å². The lowest BCUT2D eigenvalue weighted by Gasteiger charge is -2.10. The lowest BCUT2D eigenvalue weighted by atomic mass is 10.1. The van der Waals surface area contributed by atoms with Crippen LogP contribution >= 0.6 is 0 Å². The van der Waals surface area contributed by atoms with E-state index in [4.69, 9.17) is 9.47 Å². The number of nitrogens with zero attached hydrogens (tertiary/aromatic N) is 2. The Balaban J connectivity index is 1.99. The van der Waals surface area contributed by atoms with E-state index in [1.165, 1.54) is 0 Å². The van der Waals surface area contributed by atoms with Crippen LogP contribution in [0, 0.1) is 0 Å². The highest BCUT2D eigenvalue weighted by Crippen LogP contribution is 2.31. The van der Waals surface area contributed by atoms with E-state index in [1.54, 1.807) is 56.8 Å². The lowest BCUT2D eigenvalue weighted by molar-refractivity contribution is 0.355. The Labute approximate surface area is 141 Å². The summed E-state index contributed by atoms with van der Waals surface area (Å²) in [5.41, 5.74) is 3.34. The van der Waals surface area contributed by atoms with Crippen molar-refractivity contribution in [2.75, 3.05) is 18.9 Å². The normalized spacial score (nSPS) is 12.0. The number of aromatic nitrogens is 2. The van der Waals surface area contributed by atoms with Crippen molar-refractivity contribution in [3.8, 4) is 22.8 Å². The first kappa shape index (κ1) is 16.2. The fourth-order valence-corrected chi connectivity index (χ4v) is 2.61. The molecule has 0 radical (unpaired) electrons. The van der Waals surface area contributed by atoms with Gasteiger partial charge in [-0.2, -0.15) is 0 Å². The van der Waals surface area contributed by atoms with Gasteiger partial charge in [0.05, 0.1) is 37.1 Å². The number of fused-ring (bicyclic) bond motifs is 1. The van der Waals surface area contributed by atoms with Crippen molar-refractivity contribution >= 4 is 28.0 Å². The molecule has 124 valence electrons. The number of nitrogens with one attached hydrogen (secondary N) is 1. The van der Waals surface area contributed by atoms with Crippen LogP contribution in [0.3, 0.4) is 0 Å². The van der Waals surface area contributed by atoms with Crippen LogP contribution in [0.1, 0.15) is 0 Å². The van der Waals surface area contributed by atoms with Crippen LogP contribution in [0.4, 0.5) is 5.69 Å². The Hall–Kier alpha value is -2.71. The SMILES string of the molecule is COc1cc2ncc(-c3ccc(NS(=O)[O-])cc3)nc2cc1OC. The molecule has 1 aromatic heterocycles. The van der Waals surface area contributed by atoms with Crippen molar-refractivity contribution in [3.05, 3.63) is 42.6 Å². The van der Waals surface area contributed by atoms with Crippen molar-refractivity contribution in [1.82, 2.24) is 9.97 Å². The molecule has 0 aliphatic rings. The maximum Gasteiger partial charge on any atom is 0.163 e. The number of benzene rings is 2. The number of methoxy groups -OCH3 is 2. The highest BCUT2D eigenvalue weighted by molar-refractivity contribution is 7.80. The summed E-state index contributed by atoms with van der Waals surface area (Å²) in [7, 11) is 3.13. The molecule has 3 rings (SSSR count). The summed E-state index contributed by atoms with van der Waals surface area (Å²) < 4.78 is 34.1. The first-order chi connectivity index (χ1) is 11.6. The fourth-order valence-electron chi connectivity index (χ4n) is 2.28. The van der Waals surface area contributed by atoms with Crippen molar-refractivity contribution in [2.45, 2.75) is 0 Å². The van der Waals surface area contributed by atoms with Gasteiger partial charge >= 0.3 is 0 Å². The van der Waals surface area contributed by atoms with Crippen LogP contribution in [0.15, 0.2) is 42.6 Å². The van der Waals surface area contributed by atoms with Crippen LogP contribution < -0.4 is 14.2 Å². The first-order valence-electron chi connectivity index (χ1n) is 6.96. The molecule has 8 heteroatoms. The standard InChI is InChI=1S/C16H15N3O4S/c1-22-15-7-12-13(8-16(15)23-2)18-14(9-17-12)10-3-5-11(6-4-10)19-24(20)21/h3-9,19H,1-2H3,(H,20,21)/p-1. The van der Waals surface area contributed by atoms with Crippen LogP contribution in [-0.2, 0) is 11.3 Å². The van der Waals surface area contributed by atoms with E-state index >= 15 is 0 Å². The number of hydrogen-bond acceptors (Lipinski definition) is 6. The van der Waals surface area contributed by atoms with E-state index in [1.807, 2.05) is 0 Å². The van der Waals surface area contributed by atoms with Gasteiger partial charge in [0.25, 0.3) is 0 Å². The minimum absolute atomic E-state index is 0.479. The summed E-state index contributed by atoms with van der Waals surface area (Å²) >= 11 is -2.35. The third-order valence-corrected chi connectivity index (χ3v) is 3.83. The molecule has 0 bridgehead atoms. The highest BCUT2D eigenvalue weighted by Gasteiger charge is 2.09. The quantitative estimate of drug-likeness (QED) is 0.715. The van der Waals surface area contributed by atoms with Crippen molar-refractivity contribution < 1.29 is 18.2 Å². The zero-order valence-corrected chi connectivity index (χ0v) is 13.8. The van der Waals surface area contributed by atoms with E-state index < -0.39 is 11.3 Å². The summed E-state index contributed by atoms with van der Waals surface area (Å²) in [6.07, 6.45) is 1.66. The smallest absolute Gasteiger partial charge is 0.163 e. The van der Waals surface area contributed by atoms with E-state index in [2.05, 4.69) is 14.7 Å². The van der Waals surface area contributed by atoms with Gasteiger partial charge in [-0.3, -0.25) is 9.19 Å². The third kappa shape index (κ3) is 3.29. The molecular weight excluding hydrogens is 330 g/mol. The Kier molecular flexibility index (Phi) is 4.59. The van der Waals surface area contributed by atoms with Gasteiger partial charge in [0.15, 0.2) is 11.5 Å². The minimum Gasteiger partial charge on any atom is -0.755 e. The number of ether oxygens (including phenoxy) is 2. The second kappa shape index (κ2) is 6.81. The highest BCUT2D eigenvalue weighted by atomic mass is 32.2. The second-order valence-corrected chi connectivity index (χ2v) is 5.54. The molecular formula is C16H14N3O4S-. The summed E-state index contributed by atoms with van der Waals surface area (Å²) in [5.74, 6) is 1.17. The molecule has 2 aromatic carbocycles. The maximum absolute atomic E-state index is 10.6. The molecule has 1 N–H and O–H groups in total. The fraction of sp³-hybridized carbons (Fsp3) is 0.125. The monoisotopic (exact) mass is 344 g/mol. The number of rotatable bonds is 5. The molecule has 1 atom stereocenters. The molecule has 0 aliphatic heterocycles. The van der Waals surface area contributed by atoms with E-state index in [9.17, 15) is 8.76 Å². The number of anilines is 1.